The lowest BCUT2D eigenvalue weighted by Gasteiger charge is -2.43. The molecule has 2 atom stereocenters. The molecule has 0 unspecified atom stereocenters. The molecule has 2 fully saturated rings. The van der Waals surface area contributed by atoms with E-state index in [9.17, 15) is 5.11 Å². The summed E-state index contributed by atoms with van der Waals surface area (Å²) >= 11 is 0. The summed E-state index contributed by atoms with van der Waals surface area (Å²) in [6, 6.07) is 0.396. The molecule has 3 heteroatoms. The van der Waals surface area contributed by atoms with Crippen LogP contribution >= 0.6 is 0 Å². The van der Waals surface area contributed by atoms with Crippen LogP contribution in [-0.4, -0.2) is 48.3 Å². The molecule has 0 bridgehead atoms. The Labute approximate surface area is 73.8 Å². The monoisotopic (exact) mass is 170 g/mol. The van der Waals surface area contributed by atoms with E-state index in [1.807, 2.05) is 0 Å². The Morgan fingerprint density at radius 1 is 1.42 bits per heavy atom. The second-order valence-corrected chi connectivity index (χ2v) is 4.02. The molecule has 2 aliphatic heterocycles. The summed E-state index contributed by atoms with van der Waals surface area (Å²) in [6.07, 6.45) is 1.15. The van der Waals surface area contributed by atoms with E-state index >= 15 is 0 Å². The van der Waals surface area contributed by atoms with Crippen LogP contribution in [0.15, 0.2) is 0 Å². The molecule has 2 rings (SSSR count). The Balaban J connectivity index is 1.79. The molecule has 12 heavy (non-hydrogen) atoms. The molecule has 2 saturated heterocycles. The highest BCUT2D eigenvalue weighted by Crippen LogP contribution is 2.23. The normalized spacial score (nSPS) is 38.5. The average Bonchev–Trinajstić information content (AvgIpc) is 2.35. The van der Waals surface area contributed by atoms with Gasteiger partial charge in [0.2, 0.25) is 0 Å². The van der Waals surface area contributed by atoms with Gasteiger partial charge in [-0.25, -0.2) is 0 Å². The van der Waals surface area contributed by atoms with E-state index in [1.165, 1.54) is 19.5 Å². The number of likely N-dealkylation sites (tertiary alicyclic amines) is 1. The van der Waals surface area contributed by atoms with Crippen LogP contribution in [0.25, 0.3) is 0 Å². The molecule has 2 N–H and O–H groups in total. The minimum atomic E-state index is -0.136. The van der Waals surface area contributed by atoms with Gasteiger partial charge in [0, 0.05) is 32.2 Å². The number of aliphatic hydroxyl groups excluding tert-OH is 1. The highest BCUT2D eigenvalue weighted by molar-refractivity contribution is 4.94. The predicted molar refractivity (Wildman–Crippen MR) is 48.0 cm³/mol. The predicted octanol–water partition coefficient (Wildman–Crippen LogP) is -0.339. The van der Waals surface area contributed by atoms with E-state index < -0.39 is 0 Å². The number of hydrogen-bond acceptors (Lipinski definition) is 3. The van der Waals surface area contributed by atoms with Crippen LogP contribution in [0.3, 0.4) is 0 Å². The van der Waals surface area contributed by atoms with Crippen molar-refractivity contribution in [2.75, 3.05) is 26.2 Å². The third-order valence-electron chi connectivity index (χ3n) is 3.18. The third kappa shape index (κ3) is 1.37. The van der Waals surface area contributed by atoms with Gasteiger partial charge in [0.25, 0.3) is 0 Å². The summed E-state index contributed by atoms with van der Waals surface area (Å²) in [5.74, 6) is 0.887. The van der Waals surface area contributed by atoms with Gasteiger partial charge in [-0.05, 0) is 5.92 Å². The second kappa shape index (κ2) is 3.32. The van der Waals surface area contributed by atoms with Crippen molar-refractivity contribution >= 4 is 0 Å². The lowest BCUT2D eigenvalue weighted by molar-refractivity contribution is 0.00607. The molecule has 0 amide bonds. The highest BCUT2D eigenvalue weighted by Gasteiger charge is 2.37. The number of hydrogen-bond donors (Lipinski definition) is 2. The van der Waals surface area contributed by atoms with E-state index in [-0.39, 0.29) is 6.10 Å². The number of aliphatic hydroxyl groups is 1. The molecule has 3 nitrogen and oxygen atoms in total. The van der Waals surface area contributed by atoms with Crippen molar-refractivity contribution in [3.05, 3.63) is 0 Å². The maximum absolute atomic E-state index is 9.58. The van der Waals surface area contributed by atoms with Crippen molar-refractivity contribution in [3.63, 3.8) is 0 Å². The first kappa shape index (κ1) is 8.48. The van der Waals surface area contributed by atoms with Gasteiger partial charge < -0.3 is 10.4 Å². The molecule has 0 aromatic carbocycles. The van der Waals surface area contributed by atoms with E-state index in [0.717, 1.165) is 19.0 Å². The van der Waals surface area contributed by atoms with Gasteiger partial charge in [-0.1, -0.05) is 13.3 Å². The van der Waals surface area contributed by atoms with Gasteiger partial charge in [0.15, 0.2) is 0 Å². The molecule has 0 radical (unpaired) electrons. The van der Waals surface area contributed by atoms with Gasteiger partial charge in [-0.2, -0.15) is 0 Å². The average molecular weight is 170 g/mol. The van der Waals surface area contributed by atoms with E-state index in [4.69, 9.17) is 0 Å². The van der Waals surface area contributed by atoms with Crippen molar-refractivity contribution in [2.24, 2.45) is 5.92 Å². The zero-order chi connectivity index (χ0) is 8.55. The van der Waals surface area contributed by atoms with Gasteiger partial charge in [0.1, 0.15) is 0 Å². The second-order valence-electron chi connectivity index (χ2n) is 4.02. The lowest BCUT2D eigenvalue weighted by Crippen LogP contribution is -2.55. The third-order valence-corrected chi connectivity index (χ3v) is 3.18. The zero-order valence-electron chi connectivity index (χ0n) is 7.66. The largest absolute Gasteiger partial charge is 0.390 e. The summed E-state index contributed by atoms with van der Waals surface area (Å²) < 4.78 is 0. The number of rotatable bonds is 2. The highest BCUT2D eigenvalue weighted by atomic mass is 16.3. The zero-order valence-corrected chi connectivity index (χ0v) is 7.66. The molecular formula is C9H18N2O. The first-order chi connectivity index (χ1) is 5.81. The standard InChI is InChI=1S/C9H18N2O/c1-2-7-5-11(6-7)8-3-10-4-9(8)12/h7-10,12H,2-6H2,1H3/t8-,9-/m1/s1. The van der Waals surface area contributed by atoms with E-state index in [1.54, 1.807) is 0 Å². The molecule has 0 aliphatic carbocycles. The van der Waals surface area contributed by atoms with E-state index in [0.29, 0.717) is 6.04 Å². The molecule has 70 valence electrons. The van der Waals surface area contributed by atoms with Gasteiger partial charge in [-0.3, -0.25) is 4.90 Å². The maximum Gasteiger partial charge on any atom is 0.0831 e. The van der Waals surface area contributed by atoms with Gasteiger partial charge in [0.05, 0.1) is 6.10 Å². The lowest BCUT2D eigenvalue weighted by atomic mass is 9.94. The molecule has 0 saturated carbocycles. The van der Waals surface area contributed by atoms with Crippen LogP contribution in [0.4, 0.5) is 0 Å². The summed E-state index contributed by atoms with van der Waals surface area (Å²) in [7, 11) is 0. The first-order valence-corrected chi connectivity index (χ1v) is 4.94. The van der Waals surface area contributed by atoms with E-state index in [2.05, 4.69) is 17.1 Å². The molecule has 0 aromatic rings. The summed E-state index contributed by atoms with van der Waals surface area (Å²) in [5.41, 5.74) is 0. The SMILES string of the molecule is CCC1CN([C@@H]2CNC[C@H]2O)C1. The first-order valence-electron chi connectivity index (χ1n) is 4.94. The Morgan fingerprint density at radius 3 is 2.67 bits per heavy atom. The van der Waals surface area contributed by atoms with Crippen molar-refractivity contribution in [1.29, 1.82) is 0 Å². The Kier molecular flexibility index (Phi) is 2.35. The Morgan fingerprint density at radius 2 is 2.17 bits per heavy atom. The van der Waals surface area contributed by atoms with Crippen molar-refractivity contribution in [3.8, 4) is 0 Å². The molecular weight excluding hydrogens is 152 g/mol. The van der Waals surface area contributed by atoms with Crippen LogP contribution in [0.5, 0.6) is 0 Å². The molecule has 0 spiro atoms. The smallest absolute Gasteiger partial charge is 0.0831 e. The van der Waals surface area contributed by atoms with Crippen molar-refractivity contribution in [1.82, 2.24) is 10.2 Å². The fraction of sp³-hybridized carbons (Fsp3) is 1.00. The van der Waals surface area contributed by atoms with Crippen LogP contribution in [0.2, 0.25) is 0 Å². The van der Waals surface area contributed by atoms with Gasteiger partial charge in [-0.15, -0.1) is 0 Å². The number of nitrogens with zero attached hydrogens (tertiary/aromatic N) is 1. The summed E-state index contributed by atoms with van der Waals surface area (Å²) in [5, 5.41) is 12.8. The topological polar surface area (TPSA) is 35.5 Å². The quantitative estimate of drug-likeness (QED) is 0.595. The van der Waals surface area contributed by atoms with Crippen LogP contribution in [-0.2, 0) is 0 Å². The minimum Gasteiger partial charge on any atom is -0.390 e. The maximum atomic E-state index is 9.58. The van der Waals surface area contributed by atoms with Crippen molar-refractivity contribution in [2.45, 2.75) is 25.5 Å². The molecule has 2 heterocycles. The van der Waals surface area contributed by atoms with Crippen LogP contribution < -0.4 is 5.32 Å². The fourth-order valence-corrected chi connectivity index (χ4v) is 2.16. The van der Waals surface area contributed by atoms with Gasteiger partial charge >= 0.3 is 0 Å². The number of nitrogens with one attached hydrogen (secondary N) is 1. The van der Waals surface area contributed by atoms with Crippen LogP contribution in [0, 0.1) is 5.92 Å². The Hall–Kier alpha value is -0.120. The Bertz CT molecular complexity index is 157. The summed E-state index contributed by atoms with van der Waals surface area (Å²) in [4.78, 5) is 2.40. The fourth-order valence-electron chi connectivity index (χ4n) is 2.16. The minimum absolute atomic E-state index is 0.136. The molecule has 0 aromatic heterocycles. The number of β-amino-alcohol motifs (C(OH)–C–C–N with tert-alkyl or cyclic N) is 1. The van der Waals surface area contributed by atoms with Crippen LogP contribution in [0.1, 0.15) is 13.3 Å². The molecule has 2 aliphatic rings. The van der Waals surface area contributed by atoms with Crippen molar-refractivity contribution < 1.29 is 5.11 Å². The summed E-state index contributed by atoms with van der Waals surface area (Å²) in [6.45, 7) is 6.38.